The van der Waals surface area contributed by atoms with Crippen LogP contribution in [-0.4, -0.2) is 20.0 Å². The minimum Gasteiger partial charge on any atom is -0.361 e. The van der Waals surface area contributed by atoms with E-state index in [4.69, 9.17) is 0 Å². The molecule has 1 saturated carbocycles. The molecule has 2 heterocycles. The van der Waals surface area contributed by atoms with Gasteiger partial charge in [0.05, 0.1) is 5.52 Å². The summed E-state index contributed by atoms with van der Waals surface area (Å²) in [6.07, 6.45) is 4.73. The molecule has 0 aliphatic heterocycles. The Morgan fingerprint density at radius 2 is 2.05 bits per heavy atom. The second-order valence-corrected chi connectivity index (χ2v) is 6.17. The van der Waals surface area contributed by atoms with Crippen LogP contribution in [0, 0.1) is 5.92 Å². The molecule has 0 radical (unpaired) electrons. The predicted molar refractivity (Wildman–Crippen MR) is 87.5 cm³/mol. The number of hydrogen-bond acceptors (Lipinski definition) is 2. The van der Waals surface area contributed by atoms with Crippen molar-refractivity contribution in [3.63, 3.8) is 0 Å². The van der Waals surface area contributed by atoms with Gasteiger partial charge >= 0.3 is 0 Å². The summed E-state index contributed by atoms with van der Waals surface area (Å²) in [5, 5.41) is 9.86. The Morgan fingerprint density at radius 1 is 1.14 bits per heavy atom. The Balaban J connectivity index is 1.67. The van der Waals surface area contributed by atoms with Crippen molar-refractivity contribution in [2.24, 2.45) is 5.92 Å². The highest BCUT2D eigenvalue weighted by atomic mass is 15.4. The number of nitrogens with zero attached hydrogens (tertiary/aromatic N) is 3. The van der Waals surface area contributed by atoms with E-state index in [1.807, 2.05) is 0 Å². The number of aromatic nitrogens is 4. The number of aromatic amines is 1. The number of fused-ring (bicyclic) bond motifs is 2. The first-order valence-electron chi connectivity index (χ1n) is 7.78. The van der Waals surface area contributed by atoms with Crippen LogP contribution in [0.1, 0.15) is 12.8 Å². The SMILES string of the molecule is c1ccc2c(-c3ccc4nnn(CC5CC5)c4c3)c[nH]c2c1. The van der Waals surface area contributed by atoms with E-state index < -0.39 is 0 Å². The number of para-hydroxylation sites is 1. The van der Waals surface area contributed by atoms with Crippen LogP contribution in [0.25, 0.3) is 33.1 Å². The van der Waals surface area contributed by atoms with Gasteiger partial charge in [0.1, 0.15) is 5.52 Å². The van der Waals surface area contributed by atoms with Crippen LogP contribution < -0.4 is 0 Å². The van der Waals surface area contributed by atoms with Gasteiger partial charge in [-0.25, -0.2) is 4.68 Å². The summed E-state index contributed by atoms with van der Waals surface area (Å²) < 4.78 is 2.06. The zero-order chi connectivity index (χ0) is 14.5. The van der Waals surface area contributed by atoms with Gasteiger partial charge in [-0.05, 0) is 42.5 Å². The molecule has 22 heavy (non-hydrogen) atoms. The fourth-order valence-electron chi connectivity index (χ4n) is 3.12. The first-order valence-corrected chi connectivity index (χ1v) is 7.78. The molecule has 0 saturated heterocycles. The summed E-state index contributed by atoms with van der Waals surface area (Å²) in [6.45, 7) is 0.994. The smallest absolute Gasteiger partial charge is 0.113 e. The van der Waals surface area contributed by atoms with Crippen LogP contribution in [0.3, 0.4) is 0 Å². The average molecular weight is 288 g/mol. The van der Waals surface area contributed by atoms with Crippen molar-refractivity contribution >= 4 is 21.9 Å². The minimum atomic E-state index is 0.793. The van der Waals surface area contributed by atoms with Gasteiger partial charge in [0.2, 0.25) is 0 Å². The van der Waals surface area contributed by atoms with Crippen molar-refractivity contribution in [3.8, 4) is 11.1 Å². The average Bonchev–Trinajstić information content (AvgIpc) is 3.13. The first kappa shape index (κ1) is 12.0. The van der Waals surface area contributed by atoms with Crippen molar-refractivity contribution in [1.29, 1.82) is 0 Å². The predicted octanol–water partition coefficient (Wildman–Crippen LogP) is 3.99. The molecule has 5 rings (SSSR count). The van der Waals surface area contributed by atoms with Crippen molar-refractivity contribution in [2.75, 3.05) is 0 Å². The third-order valence-corrected chi connectivity index (χ3v) is 4.54. The molecule has 1 aliphatic carbocycles. The standard InChI is InChI=1S/C18H16N4/c1-2-4-16-14(3-1)15(10-19-16)13-7-8-17-18(9-13)22(21-20-17)11-12-5-6-12/h1-4,7-10,12,19H,5-6,11H2. The second kappa shape index (κ2) is 4.44. The van der Waals surface area contributed by atoms with E-state index in [0.29, 0.717) is 0 Å². The topological polar surface area (TPSA) is 46.5 Å². The maximum absolute atomic E-state index is 4.32. The molecule has 2 aromatic heterocycles. The van der Waals surface area contributed by atoms with Crippen LogP contribution in [0.4, 0.5) is 0 Å². The molecular weight excluding hydrogens is 272 g/mol. The van der Waals surface area contributed by atoms with Crippen molar-refractivity contribution in [3.05, 3.63) is 48.7 Å². The summed E-state index contributed by atoms with van der Waals surface area (Å²) in [6, 6.07) is 14.8. The van der Waals surface area contributed by atoms with Gasteiger partial charge in [-0.1, -0.05) is 29.5 Å². The maximum atomic E-state index is 4.32. The van der Waals surface area contributed by atoms with E-state index >= 15 is 0 Å². The molecule has 0 amide bonds. The summed E-state index contributed by atoms with van der Waals surface area (Å²) in [5.74, 6) is 0.793. The van der Waals surface area contributed by atoms with Crippen LogP contribution in [0.15, 0.2) is 48.7 Å². The molecule has 0 unspecified atom stereocenters. The molecular formula is C18H16N4. The maximum Gasteiger partial charge on any atom is 0.113 e. The minimum absolute atomic E-state index is 0.793. The Bertz CT molecular complexity index is 975. The van der Waals surface area contributed by atoms with E-state index in [-0.39, 0.29) is 0 Å². The molecule has 108 valence electrons. The van der Waals surface area contributed by atoms with Gasteiger partial charge in [0.25, 0.3) is 0 Å². The number of H-pyrrole nitrogens is 1. The van der Waals surface area contributed by atoms with Crippen molar-refractivity contribution in [1.82, 2.24) is 20.0 Å². The Hall–Kier alpha value is -2.62. The van der Waals surface area contributed by atoms with E-state index in [9.17, 15) is 0 Å². The molecule has 4 nitrogen and oxygen atoms in total. The lowest BCUT2D eigenvalue weighted by molar-refractivity contribution is 0.559. The van der Waals surface area contributed by atoms with Crippen LogP contribution in [-0.2, 0) is 6.54 Å². The molecule has 2 aromatic carbocycles. The molecule has 1 aliphatic rings. The summed E-state index contributed by atoms with van der Waals surface area (Å²) in [7, 11) is 0. The normalized spacial score (nSPS) is 14.9. The van der Waals surface area contributed by atoms with Crippen molar-refractivity contribution in [2.45, 2.75) is 19.4 Å². The highest BCUT2D eigenvalue weighted by Gasteiger charge is 2.23. The lowest BCUT2D eigenvalue weighted by atomic mass is 10.0. The zero-order valence-corrected chi connectivity index (χ0v) is 12.2. The summed E-state index contributed by atoms with van der Waals surface area (Å²) >= 11 is 0. The number of nitrogens with one attached hydrogen (secondary N) is 1. The van der Waals surface area contributed by atoms with E-state index in [1.165, 1.54) is 34.9 Å². The molecule has 0 spiro atoms. The fourth-order valence-corrected chi connectivity index (χ4v) is 3.12. The van der Waals surface area contributed by atoms with Gasteiger partial charge in [0, 0.05) is 29.2 Å². The molecule has 1 N–H and O–H groups in total. The third-order valence-electron chi connectivity index (χ3n) is 4.54. The van der Waals surface area contributed by atoms with E-state index in [2.05, 4.69) is 68.6 Å². The Morgan fingerprint density at radius 3 is 2.95 bits per heavy atom. The lowest BCUT2D eigenvalue weighted by Gasteiger charge is -2.03. The van der Waals surface area contributed by atoms with E-state index in [0.717, 1.165) is 23.5 Å². The highest BCUT2D eigenvalue weighted by molar-refractivity contribution is 5.97. The van der Waals surface area contributed by atoms with Crippen LogP contribution in [0.5, 0.6) is 0 Å². The molecule has 4 aromatic rings. The lowest BCUT2D eigenvalue weighted by Crippen LogP contribution is -2.01. The molecule has 4 heteroatoms. The Kier molecular flexibility index (Phi) is 2.41. The fraction of sp³-hybridized carbons (Fsp3) is 0.222. The van der Waals surface area contributed by atoms with Gasteiger partial charge in [-0.2, -0.15) is 0 Å². The zero-order valence-electron chi connectivity index (χ0n) is 12.2. The third kappa shape index (κ3) is 1.84. The number of hydrogen-bond donors (Lipinski definition) is 1. The van der Waals surface area contributed by atoms with Gasteiger partial charge in [-0.15, -0.1) is 5.10 Å². The summed E-state index contributed by atoms with van der Waals surface area (Å²) in [4.78, 5) is 3.35. The van der Waals surface area contributed by atoms with Gasteiger partial charge in [0.15, 0.2) is 0 Å². The van der Waals surface area contributed by atoms with Gasteiger partial charge in [-0.3, -0.25) is 0 Å². The van der Waals surface area contributed by atoms with Crippen molar-refractivity contribution < 1.29 is 0 Å². The summed E-state index contributed by atoms with van der Waals surface area (Å²) in [5.41, 5.74) is 5.72. The first-order chi connectivity index (χ1) is 10.9. The second-order valence-electron chi connectivity index (χ2n) is 6.17. The number of benzene rings is 2. The largest absolute Gasteiger partial charge is 0.361 e. The number of rotatable bonds is 3. The molecule has 0 bridgehead atoms. The highest BCUT2D eigenvalue weighted by Crippen LogP contribution is 2.33. The quantitative estimate of drug-likeness (QED) is 0.619. The Labute approximate surface area is 127 Å². The molecule has 0 atom stereocenters. The monoisotopic (exact) mass is 288 g/mol. The van der Waals surface area contributed by atoms with Crippen LogP contribution >= 0.6 is 0 Å². The van der Waals surface area contributed by atoms with E-state index in [1.54, 1.807) is 0 Å². The van der Waals surface area contributed by atoms with Crippen LogP contribution in [0.2, 0.25) is 0 Å². The molecule has 1 fully saturated rings. The van der Waals surface area contributed by atoms with Gasteiger partial charge < -0.3 is 4.98 Å².